The second-order valence-electron chi connectivity index (χ2n) is 4.77. The predicted octanol–water partition coefficient (Wildman–Crippen LogP) is 1.93. The van der Waals surface area contributed by atoms with Crippen molar-refractivity contribution < 1.29 is 14.3 Å². The first-order chi connectivity index (χ1) is 11.7. The summed E-state index contributed by atoms with van der Waals surface area (Å²) >= 11 is 0. The van der Waals surface area contributed by atoms with Gasteiger partial charge in [0.15, 0.2) is 11.5 Å². The monoisotopic (exact) mass is 325 g/mol. The summed E-state index contributed by atoms with van der Waals surface area (Å²) in [7, 11) is 3.09. The summed E-state index contributed by atoms with van der Waals surface area (Å²) in [5, 5.41) is 10.2. The molecule has 0 radical (unpaired) electrons. The van der Waals surface area contributed by atoms with Crippen molar-refractivity contribution in [2.75, 3.05) is 19.5 Å². The van der Waals surface area contributed by atoms with E-state index < -0.39 is 0 Å². The lowest BCUT2D eigenvalue weighted by molar-refractivity contribution is 0.102. The second kappa shape index (κ2) is 6.78. The largest absolute Gasteiger partial charge is 0.493 e. The van der Waals surface area contributed by atoms with Crippen LogP contribution in [0.5, 0.6) is 11.5 Å². The number of carbonyl (C=O) groups is 1. The van der Waals surface area contributed by atoms with Gasteiger partial charge >= 0.3 is 0 Å². The van der Waals surface area contributed by atoms with E-state index in [1.165, 1.54) is 19.8 Å². The molecule has 0 unspecified atom stereocenters. The van der Waals surface area contributed by atoms with Crippen LogP contribution >= 0.6 is 0 Å². The van der Waals surface area contributed by atoms with Gasteiger partial charge < -0.3 is 14.8 Å². The van der Waals surface area contributed by atoms with Crippen LogP contribution in [-0.2, 0) is 0 Å². The van der Waals surface area contributed by atoms with Gasteiger partial charge in [0.25, 0.3) is 5.91 Å². The maximum Gasteiger partial charge on any atom is 0.274 e. The summed E-state index contributed by atoms with van der Waals surface area (Å²) in [4.78, 5) is 16.7. The zero-order valence-electron chi connectivity index (χ0n) is 13.1. The molecule has 24 heavy (non-hydrogen) atoms. The summed E-state index contributed by atoms with van der Waals surface area (Å²) < 4.78 is 12.0. The molecule has 0 atom stereocenters. The van der Waals surface area contributed by atoms with Crippen molar-refractivity contribution in [1.82, 2.24) is 19.7 Å². The fourth-order valence-electron chi connectivity index (χ4n) is 2.12. The Morgan fingerprint density at radius 3 is 2.50 bits per heavy atom. The molecule has 122 valence electrons. The standard InChI is InChI=1S/C16H15N5O3/c1-23-13-7-6-11(8-14(13)24-2)19-16(22)12-4-3-5-15(20-12)21-9-17-18-10-21/h3-10H,1-2H3,(H,19,22). The van der Waals surface area contributed by atoms with Crippen LogP contribution in [0.2, 0.25) is 0 Å². The van der Waals surface area contributed by atoms with Crippen LogP contribution in [-0.4, -0.2) is 39.9 Å². The molecule has 0 aliphatic heterocycles. The molecular weight excluding hydrogens is 310 g/mol. The highest BCUT2D eigenvalue weighted by atomic mass is 16.5. The Kier molecular flexibility index (Phi) is 4.37. The number of carbonyl (C=O) groups excluding carboxylic acids is 1. The SMILES string of the molecule is COc1ccc(NC(=O)c2cccc(-n3cnnc3)n2)cc1OC. The van der Waals surface area contributed by atoms with Gasteiger partial charge in [0.1, 0.15) is 24.2 Å². The molecule has 3 aromatic rings. The molecule has 0 aliphatic carbocycles. The number of pyridine rings is 1. The second-order valence-corrected chi connectivity index (χ2v) is 4.77. The lowest BCUT2D eigenvalue weighted by Crippen LogP contribution is -2.14. The van der Waals surface area contributed by atoms with E-state index >= 15 is 0 Å². The molecule has 0 bridgehead atoms. The maximum atomic E-state index is 12.4. The van der Waals surface area contributed by atoms with Gasteiger partial charge in [-0.3, -0.25) is 9.36 Å². The minimum Gasteiger partial charge on any atom is -0.493 e. The minimum atomic E-state index is -0.336. The normalized spacial score (nSPS) is 10.2. The molecule has 0 aliphatic rings. The van der Waals surface area contributed by atoms with Gasteiger partial charge in [-0.1, -0.05) is 6.07 Å². The van der Waals surface area contributed by atoms with Crippen molar-refractivity contribution >= 4 is 11.6 Å². The number of nitrogens with zero attached hydrogens (tertiary/aromatic N) is 4. The Labute approximate surface area is 138 Å². The number of ether oxygens (including phenoxy) is 2. The van der Waals surface area contributed by atoms with Crippen LogP contribution in [0.25, 0.3) is 5.82 Å². The van der Waals surface area contributed by atoms with Crippen molar-refractivity contribution in [3.05, 3.63) is 54.7 Å². The van der Waals surface area contributed by atoms with E-state index in [0.717, 1.165) is 0 Å². The molecule has 0 fully saturated rings. The van der Waals surface area contributed by atoms with Crippen molar-refractivity contribution in [3.63, 3.8) is 0 Å². The lowest BCUT2D eigenvalue weighted by atomic mass is 10.2. The zero-order valence-corrected chi connectivity index (χ0v) is 13.1. The van der Waals surface area contributed by atoms with Gasteiger partial charge in [-0.05, 0) is 24.3 Å². The Balaban J connectivity index is 1.81. The van der Waals surface area contributed by atoms with Gasteiger partial charge in [0.05, 0.1) is 14.2 Å². The van der Waals surface area contributed by atoms with Crippen LogP contribution in [0, 0.1) is 0 Å². The molecule has 1 amide bonds. The molecule has 0 spiro atoms. The number of hydrogen-bond acceptors (Lipinski definition) is 6. The molecule has 2 heterocycles. The average molecular weight is 325 g/mol. The van der Waals surface area contributed by atoms with E-state index in [2.05, 4.69) is 20.5 Å². The quantitative estimate of drug-likeness (QED) is 0.771. The number of aromatic nitrogens is 4. The third kappa shape index (κ3) is 3.17. The van der Waals surface area contributed by atoms with Crippen LogP contribution in [0.1, 0.15) is 10.5 Å². The highest BCUT2D eigenvalue weighted by Gasteiger charge is 2.11. The lowest BCUT2D eigenvalue weighted by Gasteiger charge is -2.10. The van der Waals surface area contributed by atoms with Crippen molar-refractivity contribution in [2.45, 2.75) is 0 Å². The predicted molar refractivity (Wildman–Crippen MR) is 86.7 cm³/mol. The molecule has 8 heteroatoms. The molecule has 0 saturated carbocycles. The molecule has 2 aromatic heterocycles. The van der Waals surface area contributed by atoms with Gasteiger partial charge in [0.2, 0.25) is 0 Å². The number of amides is 1. The first kappa shape index (κ1) is 15.5. The number of anilines is 1. The van der Waals surface area contributed by atoms with Crippen LogP contribution in [0.15, 0.2) is 49.1 Å². The van der Waals surface area contributed by atoms with E-state index in [-0.39, 0.29) is 11.6 Å². The Bertz CT molecular complexity index is 849. The number of rotatable bonds is 5. The van der Waals surface area contributed by atoms with E-state index in [0.29, 0.717) is 23.0 Å². The summed E-state index contributed by atoms with van der Waals surface area (Å²) in [6.45, 7) is 0. The molecule has 1 aromatic carbocycles. The third-order valence-electron chi connectivity index (χ3n) is 3.29. The smallest absolute Gasteiger partial charge is 0.274 e. The van der Waals surface area contributed by atoms with Gasteiger partial charge in [-0.2, -0.15) is 0 Å². The fourth-order valence-corrected chi connectivity index (χ4v) is 2.12. The van der Waals surface area contributed by atoms with Crippen molar-refractivity contribution in [2.24, 2.45) is 0 Å². The zero-order chi connectivity index (χ0) is 16.9. The molecule has 1 N–H and O–H groups in total. The number of hydrogen-bond donors (Lipinski definition) is 1. The first-order valence-electron chi connectivity index (χ1n) is 7.06. The fraction of sp³-hybridized carbons (Fsp3) is 0.125. The van der Waals surface area contributed by atoms with E-state index in [1.54, 1.807) is 48.1 Å². The highest BCUT2D eigenvalue weighted by molar-refractivity contribution is 6.03. The summed E-state index contributed by atoms with van der Waals surface area (Å²) in [6.07, 6.45) is 3.02. The van der Waals surface area contributed by atoms with Gasteiger partial charge in [0, 0.05) is 11.8 Å². The Morgan fingerprint density at radius 2 is 1.79 bits per heavy atom. The molecule has 8 nitrogen and oxygen atoms in total. The average Bonchev–Trinajstić information content (AvgIpc) is 3.16. The summed E-state index contributed by atoms with van der Waals surface area (Å²) in [5.74, 6) is 1.34. The molecular formula is C16H15N5O3. The van der Waals surface area contributed by atoms with Crippen LogP contribution < -0.4 is 14.8 Å². The van der Waals surface area contributed by atoms with E-state index in [1.807, 2.05) is 0 Å². The number of nitrogens with one attached hydrogen (secondary N) is 1. The molecule has 3 rings (SSSR count). The topological polar surface area (TPSA) is 91.2 Å². The summed E-state index contributed by atoms with van der Waals surface area (Å²) in [5.41, 5.74) is 0.852. The van der Waals surface area contributed by atoms with E-state index in [4.69, 9.17) is 9.47 Å². The summed E-state index contributed by atoms with van der Waals surface area (Å²) in [6, 6.07) is 10.3. The Hall–Kier alpha value is -3.42. The van der Waals surface area contributed by atoms with Crippen LogP contribution in [0.4, 0.5) is 5.69 Å². The van der Waals surface area contributed by atoms with Crippen molar-refractivity contribution in [3.8, 4) is 17.3 Å². The first-order valence-corrected chi connectivity index (χ1v) is 7.06. The third-order valence-corrected chi connectivity index (χ3v) is 3.29. The Morgan fingerprint density at radius 1 is 1.04 bits per heavy atom. The van der Waals surface area contributed by atoms with Crippen molar-refractivity contribution in [1.29, 1.82) is 0 Å². The highest BCUT2D eigenvalue weighted by Crippen LogP contribution is 2.29. The molecule has 0 saturated heterocycles. The van der Waals surface area contributed by atoms with Gasteiger partial charge in [-0.25, -0.2) is 4.98 Å². The van der Waals surface area contributed by atoms with E-state index in [9.17, 15) is 4.79 Å². The van der Waals surface area contributed by atoms with Crippen LogP contribution in [0.3, 0.4) is 0 Å². The minimum absolute atomic E-state index is 0.274. The van der Waals surface area contributed by atoms with Gasteiger partial charge in [-0.15, -0.1) is 10.2 Å². The maximum absolute atomic E-state index is 12.4. The number of methoxy groups -OCH3 is 2. The number of benzene rings is 1.